The molecule has 132 valence electrons. The standard InChI is InChI=1S/C19H22ClN3O2/c1-13(14-7-9-16(20)10-8-14)21-12-18(24)22-17-6-4-5-15(11-17)19(25)23(2)3/h4-11,13,21H,12H2,1-3H3,(H,22,24). The second-order valence-corrected chi connectivity index (χ2v) is 6.42. The molecule has 2 aromatic carbocycles. The van der Waals surface area contributed by atoms with E-state index in [1.54, 1.807) is 38.4 Å². The van der Waals surface area contributed by atoms with Crippen LogP contribution in [0.2, 0.25) is 5.02 Å². The number of nitrogens with zero attached hydrogens (tertiary/aromatic N) is 1. The molecule has 1 atom stereocenters. The number of halogens is 1. The van der Waals surface area contributed by atoms with Crippen LogP contribution in [0.4, 0.5) is 5.69 Å². The van der Waals surface area contributed by atoms with Gasteiger partial charge in [0, 0.05) is 36.4 Å². The van der Waals surface area contributed by atoms with Crippen molar-refractivity contribution in [3.63, 3.8) is 0 Å². The SMILES string of the molecule is CC(NCC(=O)Nc1cccc(C(=O)N(C)C)c1)c1ccc(Cl)cc1. The summed E-state index contributed by atoms with van der Waals surface area (Å²) in [6.45, 7) is 2.14. The summed E-state index contributed by atoms with van der Waals surface area (Å²) in [6.07, 6.45) is 0. The summed E-state index contributed by atoms with van der Waals surface area (Å²) < 4.78 is 0. The van der Waals surface area contributed by atoms with Gasteiger partial charge in [0.1, 0.15) is 0 Å². The van der Waals surface area contributed by atoms with E-state index in [0.717, 1.165) is 5.56 Å². The van der Waals surface area contributed by atoms with Gasteiger partial charge in [0.25, 0.3) is 5.91 Å². The molecule has 1 unspecified atom stereocenters. The van der Waals surface area contributed by atoms with Crippen LogP contribution < -0.4 is 10.6 Å². The van der Waals surface area contributed by atoms with Crippen molar-refractivity contribution in [3.05, 3.63) is 64.7 Å². The Hall–Kier alpha value is -2.37. The smallest absolute Gasteiger partial charge is 0.253 e. The van der Waals surface area contributed by atoms with Crippen molar-refractivity contribution < 1.29 is 9.59 Å². The molecule has 0 aliphatic heterocycles. The summed E-state index contributed by atoms with van der Waals surface area (Å²) >= 11 is 5.88. The number of hydrogen-bond donors (Lipinski definition) is 2. The number of carbonyl (C=O) groups is 2. The molecule has 0 fully saturated rings. The summed E-state index contributed by atoms with van der Waals surface area (Å²) in [5.74, 6) is -0.277. The van der Waals surface area contributed by atoms with Crippen LogP contribution in [0.3, 0.4) is 0 Å². The highest BCUT2D eigenvalue weighted by molar-refractivity contribution is 6.30. The first-order chi connectivity index (χ1) is 11.9. The average molecular weight is 360 g/mol. The molecule has 0 saturated heterocycles. The van der Waals surface area contributed by atoms with Crippen LogP contribution in [-0.4, -0.2) is 37.4 Å². The number of rotatable bonds is 6. The summed E-state index contributed by atoms with van der Waals surface area (Å²) in [5, 5.41) is 6.64. The molecule has 2 rings (SSSR count). The second-order valence-electron chi connectivity index (χ2n) is 5.98. The first-order valence-corrected chi connectivity index (χ1v) is 8.35. The Morgan fingerprint density at radius 1 is 1.12 bits per heavy atom. The minimum Gasteiger partial charge on any atom is -0.345 e. The highest BCUT2D eigenvalue weighted by Crippen LogP contribution is 2.16. The Morgan fingerprint density at radius 2 is 1.80 bits per heavy atom. The van der Waals surface area contributed by atoms with Crippen molar-refractivity contribution >= 4 is 29.1 Å². The number of anilines is 1. The third-order valence-corrected chi connectivity index (χ3v) is 3.99. The van der Waals surface area contributed by atoms with Crippen molar-refractivity contribution in [2.75, 3.05) is 26.0 Å². The summed E-state index contributed by atoms with van der Waals surface area (Å²) in [6, 6.07) is 14.4. The van der Waals surface area contributed by atoms with Gasteiger partial charge in [-0.1, -0.05) is 29.8 Å². The molecular weight excluding hydrogens is 338 g/mol. The van der Waals surface area contributed by atoms with Gasteiger partial charge < -0.3 is 15.5 Å². The van der Waals surface area contributed by atoms with E-state index in [0.29, 0.717) is 16.3 Å². The number of hydrogen-bond acceptors (Lipinski definition) is 3. The Balaban J connectivity index is 1.91. The van der Waals surface area contributed by atoms with E-state index in [9.17, 15) is 9.59 Å². The molecule has 0 heterocycles. The minimum absolute atomic E-state index is 0.0182. The minimum atomic E-state index is -0.171. The maximum Gasteiger partial charge on any atom is 0.253 e. The lowest BCUT2D eigenvalue weighted by Crippen LogP contribution is -2.30. The predicted molar refractivity (Wildman–Crippen MR) is 101 cm³/mol. The monoisotopic (exact) mass is 359 g/mol. The number of carbonyl (C=O) groups excluding carboxylic acids is 2. The molecule has 0 bridgehead atoms. The molecule has 25 heavy (non-hydrogen) atoms. The lowest BCUT2D eigenvalue weighted by molar-refractivity contribution is -0.115. The van der Waals surface area contributed by atoms with E-state index in [1.807, 2.05) is 31.2 Å². The van der Waals surface area contributed by atoms with Crippen LogP contribution in [-0.2, 0) is 4.79 Å². The zero-order valence-corrected chi connectivity index (χ0v) is 15.3. The molecule has 0 aliphatic rings. The molecule has 0 aromatic heterocycles. The van der Waals surface area contributed by atoms with Crippen LogP contribution in [0, 0.1) is 0 Å². The Labute approximate surface area is 153 Å². The van der Waals surface area contributed by atoms with Gasteiger partial charge in [-0.25, -0.2) is 0 Å². The van der Waals surface area contributed by atoms with Gasteiger partial charge >= 0.3 is 0 Å². The molecule has 2 aromatic rings. The van der Waals surface area contributed by atoms with Crippen LogP contribution in [0.5, 0.6) is 0 Å². The highest BCUT2D eigenvalue weighted by Gasteiger charge is 2.11. The first kappa shape index (κ1) is 19.0. The molecule has 0 saturated carbocycles. The summed E-state index contributed by atoms with van der Waals surface area (Å²) in [4.78, 5) is 25.6. The van der Waals surface area contributed by atoms with Crippen molar-refractivity contribution in [2.45, 2.75) is 13.0 Å². The molecular formula is C19H22ClN3O2. The Kier molecular flexibility index (Phi) is 6.56. The maximum absolute atomic E-state index is 12.1. The maximum atomic E-state index is 12.1. The largest absolute Gasteiger partial charge is 0.345 e. The van der Waals surface area contributed by atoms with Crippen molar-refractivity contribution in [3.8, 4) is 0 Å². The molecule has 0 radical (unpaired) electrons. The zero-order valence-electron chi connectivity index (χ0n) is 14.5. The third-order valence-electron chi connectivity index (χ3n) is 3.74. The zero-order chi connectivity index (χ0) is 18.4. The third kappa shape index (κ3) is 5.59. The number of amides is 2. The van der Waals surface area contributed by atoms with E-state index < -0.39 is 0 Å². The van der Waals surface area contributed by atoms with Crippen molar-refractivity contribution in [2.24, 2.45) is 0 Å². The van der Waals surface area contributed by atoms with Gasteiger partial charge in [0.2, 0.25) is 5.91 Å². The molecule has 2 amide bonds. The van der Waals surface area contributed by atoms with Crippen LogP contribution in [0.1, 0.15) is 28.9 Å². The van der Waals surface area contributed by atoms with Crippen LogP contribution in [0.15, 0.2) is 48.5 Å². The fourth-order valence-corrected chi connectivity index (χ4v) is 2.43. The molecule has 6 heteroatoms. The molecule has 2 N–H and O–H groups in total. The van der Waals surface area contributed by atoms with Crippen LogP contribution in [0.25, 0.3) is 0 Å². The lowest BCUT2D eigenvalue weighted by Gasteiger charge is -2.15. The number of benzene rings is 2. The Morgan fingerprint density at radius 3 is 2.44 bits per heavy atom. The van der Waals surface area contributed by atoms with E-state index in [2.05, 4.69) is 10.6 Å². The molecule has 0 spiro atoms. The van der Waals surface area contributed by atoms with E-state index in [4.69, 9.17) is 11.6 Å². The summed E-state index contributed by atoms with van der Waals surface area (Å²) in [5.41, 5.74) is 2.18. The number of nitrogens with one attached hydrogen (secondary N) is 2. The fraction of sp³-hybridized carbons (Fsp3) is 0.263. The molecule has 5 nitrogen and oxygen atoms in total. The predicted octanol–water partition coefficient (Wildman–Crippen LogP) is 3.33. The molecule has 0 aliphatic carbocycles. The Bertz CT molecular complexity index is 745. The fourth-order valence-electron chi connectivity index (χ4n) is 2.31. The van der Waals surface area contributed by atoms with Crippen LogP contribution >= 0.6 is 11.6 Å². The van der Waals surface area contributed by atoms with Gasteiger partial charge in [0.15, 0.2) is 0 Å². The van der Waals surface area contributed by atoms with Crippen molar-refractivity contribution in [1.82, 2.24) is 10.2 Å². The van der Waals surface area contributed by atoms with Gasteiger partial charge in [-0.2, -0.15) is 0 Å². The van der Waals surface area contributed by atoms with E-state index >= 15 is 0 Å². The highest BCUT2D eigenvalue weighted by atomic mass is 35.5. The van der Waals surface area contributed by atoms with E-state index in [1.165, 1.54) is 4.90 Å². The van der Waals surface area contributed by atoms with Gasteiger partial charge in [-0.15, -0.1) is 0 Å². The first-order valence-electron chi connectivity index (χ1n) is 7.97. The second kappa shape index (κ2) is 8.65. The average Bonchev–Trinajstić information content (AvgIpc) is 2.59. The lowest BCUT2D eigenvalue weighted by atomic mass is 10.1. The van der Waals surface area contributed by atoms with E-state index in [-0.39, 0.29) is 24.4 Å². The quantitative estimate of drug-likeness (QED) is 0.831. The normalized spacial score (nSPS) is 11.7. The topological polar surface area (TPSA) is 61.4 Å². The van der Waals surface area contributed by atoms with Gasteiger partial charge in [-0.3, -0.25) is 9.59 Å². The van der Waals surface area contributed by atoms with Crippen molar-refractivity contribution in [1.29, 1.82) is 0 Å². The summed E-state index contributed by atoms with van der Waals surface area (Å²) in [7, 11) is 3.38. The van der Waals surface area contributed by atoms with Gasteiger partial charge in [-0.05, 0) is 42.8 Å². The van der Waals surface area contributed by atoms with Gasteiger partial charge in [0.05, 0.1) is 6.54 Å².